The van der Waals surface area contributed by atoms with Crippen LogP contribution < -0.4 is 5.32 Å². The van der Waals surface area contributed by atoms with Crippen LogP contribution in [0.5, 0.6) is 0 Å². The van der Waals surface area contributed by atoms with Crippen LogP contribution in [0.2, 0.25) is 0 Å². The van der Waals surface area contributed by atoms with Crippen molar-refractivity contribution in [2.75, 3.05) is 13.6 Å². The van der Waals surface area contributed by atoms with E-state index >= 15 is 0 Å². The number of hydrogen-bond acceptors (Lipinski definition) is 3. The number of hydrogen-bond donors (Lipinski definition) is 1. The van der Waals surface area contributed by atoms with Gasteiger partial charge in [-0.25, -0.2) is 4.98 Å². The molecular formula is C12H22N2S. The quantitative estimate of drug-likeness (QED) is 0.807. The molecule has 0 aliphatic carbocycles. The average molecular weight is 226 g/mol. The van der Waals surface area contributed by atoms with Gasteiger partial charge in [-0.2, -0.15) is 0 Å². The van der Waals surface area contributed by atoms with E-state index in [-0.39, 0.29) is 0 Å². The van der Waals surface area contributed by atoms with Crippen molar-refractivity contribution < 1.29 is 0 Å². The maximum Gasteiger partial charge on any atom is 0.0931 e. The van der Waals surface area contributed by atoms with Crippen molar-refractivity contribution in [3.63, 3.8) is 0 Å². The van der Waals surface area contributed by atoms with Crippen LogP contribution in [-0.2, 0) is 12.8 Å². The lowest BCUT2D eigenvalue weighted by Gasteiger charge is -2.18. The van der Waals surface area contributed by atoms with E-state index in [9.17, 15) is 0 Å². The van der Waals surface area contributed by atoms with E-state index in [1.165, 1.54) is 10.7 Å². The molecule has 1 aromatic heterocycles. The van der Waals surface area contributed by atoms with E-state index in [0.717, 1.165) is 19.4 Å². The smallest absolute Gasteiger partial charge is 0.0931 e. The van der Waals surface area contributed by atoms with Crippen molar-refractivity contribution in [1.82, 2.24) is 10.3 Å². The monoisotopic (exact) mass is 226 g/mol. The highest BCUT2D eigenvalue weighted by Crippen LogP contribution is 2.19. The van der Waals surface area contributed by atoms with Gasteiger partial charge in [0.2, 0.25) is 0 Å². The summed E-state index contributed by atoms with van der Waals surface area (Å²) in [6.07, 6.45) is 2.16. The Hall–Kier alpha value is -0.410. The Morgan fingerprint density at radius 3 is 2.67 bits per heavy atom. The second-order valence-corrected chi connectivity index (χ2v) is 5.29. The molecular weight excluding hydrogens is 204 g/mol. The molecule has 2 nitrogen and oxygen atoms in total. The minimum atomic E-state index is 0.700. The molecule has 0 bridgehead atoms. The topological polar surface area (TPSA) is 24.9 Å². The maximum atomic E-state index is 4.62. The molecule has 0 fully saturated rings. The Bertz CT molecular complexity index is 281. The first-order valence-electron chi connectivity index (χ1n) is 5.75. The van der Waals surface area contributed by atoms with Crippen molar-refractivity contribution in [2.45, 2.75) is 33.6 Å². The molecule has 3 heteroatoms. The summed E-state index contributed by atoms with van der Waals surface area (Å²) in [5, 5.41) is 6.75. The summed E-state index contributed by atoms with van der Waals surface area (Å²) in [5.74, 6) is 1.41. The highest BCUT2D eigenvalue weighted by atomic mass is 32.1. The van der Waals surface area contributed by atoms with Crippen molar-refractivity contribution >= 4 is 11.3 Å². The van der Waals surface area contributed by atoms with Gasteiger partial charge in [-0.1, -0.05) is 20.8 Å². The van der Waals surface area contributed by atoms with E-state index in [2.05, 4.69) is 36.5 Å². The molecule has 1 rings (SSSR count). The standard InChI is InChI=1S/C12H22N2S/c1-5-11-8-15-12(14-11)6-10(7-13-4)9(2)3/h8-10,13H,5-7H2,1-4H3. The average Bonchev–Trinajstić information content (AvgIpc) is 2.65. The van der Waals surface area contributed by atoms with Gasteiger partial charge in [0, 0.05) is 11.8 Å². The number of aryl methyl sites for hydroxylation is 1. The molecule has 1 N–H and O–H groups in total. The lowest BCUT2D eigenvalue weighted by molar-refractivity contribution is 0.370. The Labute approximate surface area is 97.1 Å². The number of rotatable bonds is 6. The molecule has 0 aromatic carbocycles. The van der Waals surface area contributed by atoms with Crippen LogP contribution in [0.1, 0.15) is 31.5 Å². The van der Waals surface area contributed by atoms with Crippen molar-refractivity contribution in [3.8, 4) is 0 Å². The Kier molecular flexibility index (Phi) is 5.26. The Balaban J connectivity index is 2.57. The molecule has 0 amide bonds. The Morgan fingerprint density at radius 1 is 1.47 bits per heavy atom. The van der Waals surface area contributed by atoms with Gasteiger partial charge in [-0.15, -0.1) is 11.3 Å². The molecule has 86 valence electrons. The maximum absolute atomic E-state index is 4.62. The SMILES string of the molecule is CCc1csc(CC(CNC)C(C)C)n1. The normalized spacial score (nSPS) is 13.4. The summed E-state index contributed by atoms with van der Waals surface area (Å²) in [7, 11) is 2.02. The van der Waals surface area contributed by atoms with E-state index in [4.69, 9.17) is 0 Å². The summed E-state index contributed by atoms with van der Waals surface area (Å²) >= 11 is 1.81. The summed E-state index contributed by atoms with van der Waals surface area (Å²) < 4.78 is 0. The second-order valence-electron chi connectivity index (χ2n) is 4.35. The van der Waals surface area contributed by atoms with E-state index in [1.54, 1.807) is 11.3 Å². The van der Waals surface area contributed by atoms with Crippen LogP contribution in [-0.4, -0.2) is 18.6 Å². The molecule has 1 aromatic rings. The molecule has 0 radical (unpaired) electrons. The molecule has 1 unspecified atom stereocenters. The lowest BCUT2D eigenvalue weighted by atomic mass is 9.93. The predicted octanol–water partition coefficient (Wildman–Crippen LogP) is 2.74. The summed E-state index contributed by atoms with van der Waals surface area (Å²) in [6.45, 7) is 7.82. The predicted molar refractivity (Wildman–Crippen MR) is 67.5 cm³/mol. The first-order chi connectivity index (χ1) is 7.17. The van der Waals surface area contributed by atoms with Crippen LogP contribution in [0.15, 0.2) is 5.38 Å². The highest BCUT2D eigenvalue weighted by Gasteiger charge is 2.14. The molecule has 0 saturated heterocycles. The first-order valence-corrected chi connectivity index (χ1v) is 6.63. The van der Waals surface area contributed by atoms with Crippen molar-refractivity contribution in [1.29, 1.82) is 0 Å². The number of thiazole rings is 1. The van der Waals surface area contributed by atoms with Gasteiger partial charge in [-0.3, -0.25) is 0 Å². The second kappa shape index (κ2) is 6.23. The molecule has 0 aliphatic rings. The van der Waals surface area contributed by atoms with Gasteiger partial charge in [0.25, 0.3) is 0 Å². The fourth-order valence-corrected chi connectivity index (χ4v) is 2.61. The van der Waals surface area contributed by atoms with E-state index in [1.807, 2.05) is 7.05 Å². The van der Waals surface area contributed by atoms with Crippen LogP contribution in [0.25, 0.3) is 0 Å². The van der Waals surface area contributed by atoms with Crippen molar-refractivity contribution in [3.05, 3.63) is 16.1 Å². The van der Waals surface area contributed by atoms with Gasteiger partial charge < -0.3 is 5.32 Å². The van der Waals surface area contributed by atoms with Crippen LogP contribution in [0, 0.1) is 11.8 Å². The Morgan fingerprint density at radius 2 is 2.20 bits per heavy atom. The van der Waals surface area contributed by atoms with Crippen molar-refractivity contribution in [2.24, 2.45) is 11.8 Å². The van der Waals surface area contributed by atoms with Crippen LogP contribution in [0.3, 0.4) is 0 Å². The fraction of sp³-hybridized carbons (Fsp3) is 0.750. The third-order valence-corrected chi connectivity index (χ3v) is 3.73. The number of aromatic nitrogens is 1. The highest BCUT2D eigenvalue weighted by molar-refractivity contribution is 7.09. The molecule has 1 heterocycles. The third kappa shape index (κ3) is 3.92. The summed E-state index contributed by atoms with van der Waals surface area (Å²) in [5.41, 5.74) is 1.24. The van der Waals surface area contributed by atoms with E-state index in [0.29, 0.717) is 11.8 Å². The summed E-state index contributed by atoms with van der Waals surface area (Å²) in [6, 6.07) is 0. The molecule has 15 heavy (non-hydrogen) atoms. The number of nitrogens with one attached hydrogen (secondary N) is 1. The van der Waals surface area contributed by atoms with Gasteiger partial charge in [0.15, 0.2) is 0 Å². The van der Waals surface area contributed by atoms with Gasteiger partial charge in [0.1, 0.15) is 0 Å². The molecule has 0 saturated carbocycles. The molecule has 1 atom stereocenters. The number of nitrogens with zero attached hydrogens (tertiary/aromatic N) is 1. The third-order valence-electron chi connectivity index (χ3n) is 2.81. The minimum absolute atomic E-state index is 0.700. The summed E-state index contributed by atoms with van der Waals surface area (Å²) in [4.78, 5) is 4.62. The zero-order chi connectivity index (χ0) is 11.3. The first kappa shape index (κ1) is 12.7. The van der Waals surface area contributed by atoms with Gasteiger partial charge in [0.05, 0.1) is 10.7 Å². The van der Waals surface area contributed by atoms with Crippen LogP contribution in [0.4, 0.5) is 0 Å². The zero-order valence-electron chi connectivity index (χ0n) is 10.2. The largest absolute Gasteiger partial charge is 0.319 e. The lowest BCUT2D eigenvalue weighted by Crippen LogP contribution is -2.25. The molecule has 0 aliphatic heterocycles. The minimum Gasteiger partial charge on any atom is -0.319 e. The van der Waals surface area contributed by atoms with E-state index < -0.39 is 0 Å². The molecule has 0 spiro atoms. The van der Waals surface area contributed by atoms with Gasteiger partial charge >= 0.3 is 0 Å². The van der Waals surface area contributed by atoms with Gasteiger partial charge in [-0.05, 0) is 31.8 Å². The zero-order valence-corrected chi connectivity index (χ0v) is 11.0. The fourth-order valence-electron chi connectivity index (χ4n) is 1.64. The van der Waals surface area contributed by atoms with Crippen LogP contribution >= 0.6 is 11.3 Å².